The van der Waals surface area contributed by atoms with Crippen molar-refractivity contribution >= 4 is 27.5 Å². The van der Waals surface area contributed by atoms with Crippen LogP contribution in [0.5, 0.6) is 5.75 Å². The van der Waals surface area contributed by atoms with Crippen LogP contribution >= 0.6 is 0 Å². The lowest BCUT2D eigenvalue weighted by Crippen LogP contribution is -2.55. The molecule has 48 heavy (non-hydrogen) atoms. The van der Waals surface area contributed by atoms with E-state index in [1.807, 2.05) is 68.4 Å². The molecule has 0 radical (unpaired) electrons. The molecule has 4 aromatic carbocycles. The number of ether oxygens (including phenoxy) is 1. The van der Waals surface area contributed by atoms with Gasteiger partial charge in [0.15, 0.2) is 0 Å². The quantitative estimate of drug-likeness (QED) is 0.174. The summed E-state index contributed by atoms with van der Waals surface area (Å²) < 4.78 is 35.4. The van der Waals surface area contributed by atoms with E-state index in [1.54, 1.807) is 41.3 Å². The Labute approximate surface area is 284 Å². The van der Waals surface area contributed by atoms with Gasteiger partial charge in [0.25, 0.3) is 10.0 Å². The monoisotopic (exact) mass is 667 g/mol. The van der Waals surface area contributed by atoms with Gasteiger partial charge < -0.3 is 15.0 Å². The van der Waals surface area contributed by atoms with Gasteiger partial charge in [-0.15, -0.1) is 0 Å². The van der Waals surface area contributed by atoms with E-state index in [-0.39, 0.29) is 35.5 Å². The molecule has 1 aliphatic carbocycles. The van der Waals surface area contributed by atoms with Crippen LogP contribution in [0.3, 0.4) is 0 Å². The SMILES string of the molecule is COc1ccccc1N(CC(=O)N(Cc1ccc(C)cc1)[C@H](Cc1ccccc1)C(=O)NC1CCCCC1)S(=O)(=O)c1ccc(C)cc1. The van der Waals surface area contributed by atoms with E-state index in [0.29, 0.717) is 5.75 Å². The van der Waals surface area contributed by atoms with E-state index >= 15 is 0 Å². The molecule has 4 aromatic rings. The summed E-state index contributed by atoms with van der Waals surface area (Å²) in [5, 5.41) is 3.25. The number of amides is 2. The minimum Gasteiger partial charge on any atom is -0.495 e. The second kappa shape index (κ2) is 16.0. The summed E-state index contributed by atoms with van der Waals surface area (Å²) in [6.45, 7) is 3.46. The van der Waals surface area contributed by atoms with Gasteiger partial charge in [-0.1, -0.05) is 109 Å². The molecule has 252 valence electrons. The van der Waals surface area contributed by atoms with Crippen LogP contribution in [0.25, 0.3) is 0 Å². The number of hydrogen-bond acceptors (Lipinski definition) is 5. The second-order valence-corrected chi connectivity index (χ2v) is 14.4. The molecule has 1 aliphatic rings. The molecule has 0 saturated heterocycles. The average Bonchev–Trinajstić information content (AvgIpc) is 3.10. The zero-order valence-electron chi connectivity index (χ0n) is 28.0. The van der Waals surface area contributed by atoms with Crippen LogP contribution in [0.2, 0.25) is 0 Å². The first-order chi connectivity index (χ1) is 23.2. The van der Waals surface area contributed by atoms with Crippen molar-refractivity contribution < 1.29 is 22.7 Å². The molecule has 0 heterocycles. The molecule has 0 aromatic heterocycles. The van der Waals surface area contributed by atoms with Gasteiger partial charge in [0.1, 0.15) is 18.3 Å². The fourth-order valence-electron chi connectivity index (χ4n) is 6.18. The van der Waals surface area contributed by atoms with Crippen molar-refractivity contribution in [2.75, 3.05) is 18.0 Å². The third kappa shape index (κ3) is 8.63. The minimum atomic E-state index is -4.23. The lowest BCUT2D eigenvalue weighted by Gasteiger charge is -2.35. The van der Waals surface area contributed by atoms with E-state index in [2.05, 4.69) is 5.32 Å². The molecule has 0 bridgehead atoms. The molecule has 1 atom stereocenters. The molecular formula is C39H45N3O5S. The maximum absolute atomic E-state index is 14.8. The molecule has 2 amide bonds. The Morgan fingerprint density at radius 2 is 1.40 bits per heavy atom. The Kier molecular flexibility index (Phi) is 11.5. The summed E-state index contributed by atoms with van der Waals surface area (Å²) >= 11 is 0. The summed E-state index contributed by atoms with van der Waals surface area (Å²) in [5.41, 5.74) is 3.94. The number of rotatable bonds is 13. The number of nitrogens with zero attached hydrogens (tertiary/aromatic N) is 2. The topological polar surface area (TPSA) is 96.0 Å². The largest absolute Gasteiger partial charge is 0.495 e. The third-order valence-corrected chi connectivity index (χ3v) is 10.7. The number of sulfonamides is 1. The Hall–Kier alpha value is -4.63. The minimum absolute atomic E-state index is 0.0350. The van der Waals surface area contributed by atoms with Crippen molar-refractivity contribution in [2.45, 2.75) is 75.9 Å². The van der Waals surface area contributed by atoms with Crippen molar-refractivity contribution in [2.24, 2.45) is 0 Å². The van der Waals surface area contributed by atoms with Crippen LogP contribution in [-0.2, 0) is 32.6 Å². The van der Waals surface area contributed by atoms with Crippen molar-refractivity contribution in [3.8, 4) is 5.75 Å². The maximum atomic E-state index is 14.8. The van der Waals surface area contributed by atoms with E-state index in [4.69, 9.17) is 4.74 Å². The molecule has 5 rings (SSSR count). The molecule has 0 spiro atoms. The van der Waals surface area contributed by atoms with Gasteiger partial charge in [-0.05, 0) is 62.1 Å². The van der Waals surface area contributed by atoms with E-state index in [9.17, 15) is 18.0 Å². The third-order valence-electron chi connectivity index (χ3n) is 8.94. The van der Waals surface area contributed by atoms with E-state index in [1.165, 1.54) is 19.2 Å². The highest BCUT2D eigenvalue weighted by Crippen LogP contribution is 2.33. The van der Waals surface area contributed by atoms with Crippen molar-refractivity contribution in [1.82, 2.24) is 10.2 Å². The molecule has 9 heteroatoms. The molecule has 0 aliphatic heterocycles. The first-order valence-electron chi connectivity index (χ1n) is 16.6. The fourth-order valence-corrected chi connectivity index (χ4v) is 7.60. The van der Waals surface area contributed by atoms with Crippen molar-refractivity contribution in [3.63, 3.8) is 0 Å². The van der Waals surface area contributed by atoms with Gasteiger partial charge in [0.2, 0.25) is 11.8 Å². The van der Waals surface area contributed by atoms with Crippen LogP contribution in [-0.4, -0.2) is 50.9 Å². The molecular weight excluding hydrogens is 623 g/mol. The summed E-state index contributed by atoms with van der Waals surface area (Å²) in [4.78, 5) is 30.6. The van der Waals surface area contributed by atoms with Crippen LogP contribution in [0.4, 0.5) is 5.69 Å². The highest BCUT2D eigenvalue weighted by Gasteiger charge is 2.36. The number of carbonyl (C=O) groups is 2. The van der Waals surface area contributed by atoms with Gasteiger partial charge in [0.05, 0.1) is 17.7 Å². The number of hydrogen-bond donors (Lipinski definition) is 1. The zero-order chi connectivity index (χ0) is 34.1. The van der Waals surface area contributed by atoms with Gasteiger partial charge >= 0.3 is 0 Å². The summed E-state index contributed by atoms with van der Waals surface area (Å²) in [7, 11) is -2.77. The first kappa shape index (κ1) is 34.7. The van der Waals surface area contributed by atoms with E-state index in [0.717, 1.165) is 58.7 Å². The molecule has 1 N–H and O–H groups in total. The van der Waals surface area contributed by atoms with Crippen LogP contribution < -0.4 is 14.4 Å². The fraction of sp³-hybridized carbons (Fsp3) is 0.333. The number of nitrogens with one attached hydrogen (secondary N) is 1. The van der Waals surface area contributed by atoms with Gasteiger partial charge in [-0.3, -0.25) is 13.9 Å². The number of para-hydroxylation sites is 2. The summed E-state index contributed by atoms with van der Waals surface area (Å²) in [5.74, 6) is -0.435. The van der Waals surface area contributed by atoms with Gasteiger partial charge in [-0.2, -0.15) is 0 Å². The number of aryl methyl sites for hydroxylation is 2. The van der Waals surface area contributed by atoms with Gasteiger partial charge in [0, 0.05) is 19.0 Å². The Morgan fingerprint density at radius 3 is 2.04 bits per heavy atom. The van der Waals surface area contributed by atoms with Crippen LogP contribution in [0.1, 0.15) is 54.4 Å². The summed E-state index contributed by atoms with van der Waals surface area (Å²) in [6.07, 6.45) is 5.30. The van der Waals surface area contributed by atoms with Crippen LogP contribution in [0, 0.1) is 13.8 Å². The van der Waals surface area contributed by atoms with Gasteiger partial charge in [-0.25, -0.2) is 8.42 Å². The Balaban J connectivity index is 1.58. The lowest BCUT2D eigenvalue weighted by molar-refractivity contribution is -0.140. The lowest BCUT2D eigenvalue weighted by atomic mass is 9.94. The predicted molar refractivity (Wildman–Crippen MR) is 189 cm³/mol. The average molecular weight is 668 g/mol. The van der Waals surface area contributed by atoms with Crippen molar-refractivity contribution in [3.05, 3.63) is 125 Å². The first-order valence-corrected chi connectivity index (χ1v) is 18.0. The zero-order valence-corrected chi connectivity index (χ0v) is 28.8. The van der Waals surface area contributed by atoms with Crippen LogP contribution in [0.15, 0.2) is 108 Å². The molecule has 8 nitrogen and oxygen atoms in total. The Bertz CT molecular complexity index is 1770. The second-order valence-electron chi connectivity index (χ2n) is 12.6. The smallest absolute Gasteiger partial charge is 0.264 e. The predicted octanol–water partition coefficient (Wildman–Crippen LogP) is 6.60. The number of methoxy groups -OCH3 is 1. The normalized spacial score (nSPS) is 14.1. The van der Waals surface area contributed by atoms with Crippen molar-refractivity contribution in [1.29, 1.82) is 0 Å². The maximum Gasteiger partial charge on any atom is 0.264 e. The Morgan fingerprint density at radius 1 is 0.792 bits per heavy atom. The number of carbonyl (C=O) groups excluding carboxylic acids is 2. The standard InChI is InChI=1S/C39H45N3O5S/c1-29-18-22-32(23-19-29)27-41(36(26-31-12-6-4-7-13-31)39(44)40-33-14-8-5-9-15-33)38(43)28-42(35-16-10-11-17-37(35)47-3)48(45,46)34-24-20-30(2)21-25-34/h4,6-7,10-13,16-25,33,36H,5,8-9,14-15,26-28H2,1-3H3,(H,40,44)/t36-/m1/s1. The highest BCUT2D eigenvalue weighted by atomic mass is 32.2. The molecule has 0 unspecified atom stereocenters. The summed E-state index contributed by atoms with van der Waals surface area (Å²) in [6, 6.07) is 29.9. The molecule has 1 fully saturated rings. The highest BCUT2D eigenvalue weighted by molar-refractivity contribution is 7.92. The number of benzene rings is 4. The molecule has 1 saturated carbocycles. The van der Waals surface area contributed by atoms with E-state index < -0.39 is 28.5 Å². The number of anilines is 1.